The summed E-state index contributed by atoms with van der Waals surface area (Å²) in [5.74, 6) is 0. The predicted octanol–water partition coefficient (Wildman–Crippen LogP) is 2.30. The lowest BCUT2D eigenvalue weighted by Crippen LogP contribution is -2.26. The van der Waals surface area contributed by atoms with E-state index in [9.17, 15) is 0 Å². The lowest BCUT2D eigenvalue weighted by Gasteiger charge is -2.21. The summed E-state index contributed by atoms with van der Waals surface area (Å²) >= 11 is 0. The molecule has 0 bridgehead atoms. The average molecular weight is 252 g/mol. The Kier molecular flexibility index (Phi) is 7.57. The van der Waals surface area contributed by atoms with Crippen LogP contribution in [0.25, 0.3) is 0 Å². The molecule has 1 aromatic heterocycles. The zero-order valence-electron chi connectivity index (χ0n) is 11.6. The van der Waals surface area contributed by atoms with Crippen molar-refractivity contribution in [1.29, 1.82) is 0 Å². The van der Waals surface area contributed by atoms with Crippen LogP contribution < -0.4 is 0 Å². The number of pyridine rings is 1. The van der Waals surface area contributed by atoms with Gasteiger partial charge in [-0.15, -0.1) is 0 Å². The van der Waals surface area contributed by atoms with Crippen LogP contribution in [0.15, 0.2) is 24.5 Å². The van der Waals surface area contributed by atoms with Crippen LogP contribution in [0.4, 0.5) is 0 Å². The molecule has 1 aromatic rings. The van der Waals surface area contributed by atoms with Crippen molar-refractivity contribution in [1.82, 2.24) is 9.88 Å². The molecule has 0 spiro atoms. The van der Waals surface area contributed by atoms with Gasteiger partial charge in [-0.3, -0.25) is 4.98 Å². The molecule has 0 fully saturated rings. The van der Waals surface area contributed by atoms with Crippen LogP contribution in [0, 0.1) is 0 Å². The second-order valence-electron chi connectivity index (χ2n) is 4.22. The van der Waals surface area contributed by atoms with E-state index < -0.39 is 0 Å². The van der Waals surface area contributed by atoms with Crippen molar-refractivity contribution >= 4 is 0 Å². The molecule has 0 saturated carbocycles. The zero-order chi connectivity index (χ0) is 13.2. The number of hydrogen-bond donors (Lipinski definition) is 0. The van der Waals surface area contributed by atoms with Gasteiger partial charge in [0.1, 0.15) is 0 Å². The number of aromatic nitrogens is 1. The molecule has 1 heterocycles. The molecule has 0 aromatic carbocycles. The first kappa shape index (κ1) is 15.1. The van der Waals surface area contributed by atoms with Gasteiger partial charge in [-0.2, -0.15) is 0 Å². The van der Waals surface area contributed by atoms with Gasteiger partial charge in [0.15, 0.2) is 6.29 Å². The van der Waals surface area contributed by atoms with Crippen LogP contribution in [0.3, 0.4) is 0 Å². The minimum atomic E-state index is -0.0834. The smallest absolute Gasteiger partial charge is 0.158 e. The van der Waals surface area contributed by atoms with Gasteiger partial charge in [0, 0.05) is 45.1 Å². The number of nitrogens with zero attached hydrogens (tertiary/aromatic N) is 2. The van der Waals surface area contributed by atoms with Crippen molar-refractivity contribution in [3.8, 4) is 0 Å². The Bertz CT molecular complexity index is 300. The number of hydrogen-bond acceptors (Lipinski definition) is 4. The third-order valence-electron chi connectivity index (χ3n) is 2.65. The molecule has 102 valence electrons. The molecule has 0 radical (unpaired) electrons. The van der Waals surface area contributed by atoms with Gasteiger partial charge in [-0.05, 0) is 38.6 Å². The summed E-state index contributed by atoms with van der Waals surface area (Å²) in [5.41, 5.74) is 1.27. The molecule has 0 saturated heterocycles. The highest BCUT2D eigenvalue weighted by atomic mass is 16.7. The van der Waals surface area contributed by atoms with Gasteiger partial charge in [0.25, 0.3) is 0 Å². The molecular formula is C14H24N2O2. The first-order valence-corrected chi connectivity index (χ1v) is 6.56. The van der Waals surface area contributed by atoms with E-state index in [-0.39, 0.29) is 6.29 Å². The molecule has 0 aliphatic heterocycles. The largest absolute Gasteiger partial charge is 0.353 e. The summed E-state index contributed by atoms with van der Waals surface area (Å²) in [6.45, 7) is 7.25. The van der Waals surface area contributed by atoms with E-state index in [0.29, 0.717) is 13.2 Å². The lowest BCUT2D eigenvalue weighted by atomic mass is 10.2. The summed E-state index contributed by atoms with van der Waals surface area (Å²) in [5, 5.41) is 0. The predicted molar refractivity (Wildman–Crippen MR) is 72.2 cm³/mol. The molecule has 0 aliphatic rings. The van der Waals surface area contributed by atoms with Crippen LogP contribution in [-0.4, -0.2) is 43.0 Å². The van der Waals surface area contributed by atoms with Crippen molar-refractivity contribution in [2.75, 3.05) is 26.8 Å². The highest BCUT2D eigenvalue weighted by Gasteiger charge is 2.09. The third kappa shape index (κ3) is 6.10. The maximum atomic E-state index is 5.52. The Hall–Kier alpha value is -0.970. The van der Waals surface area contributed by atoms with E-state index in [0.717, 1.165) is 19.5 Å². The van der Waals surface area contributed by atoms with Crippen LogP contribution in [-0.2, 0) is 16.0 Å². The molecule has 0 amide bonds. The molecular weight excluding hydrogens is 228 g/mol. The Morgan fingerprint density at radius 1 is 1.17 bits per heavy atom. The maximum Gasteiger partial charge on any atom is 0.158 e. The van der Waals surface area contributed by atoms with Crippen molar-refractivity contribution in [3.05, 3.63) is 30.1 Å². The van der Waals surface area contributed by atoms with Gasteiger partial charge in [-0.1, -0.05) is 0 Å². The van der Waals surface area contributed by atoms with Gasteiger partial charge >= 0.3 is 0 Å². The van der Waals surface area contributed by atoms with Crippen molar-refractivity contribution in [3.63, 3.8) is 0 Å². The quantitative estimate of drug-likeness (QED) is 0.632. The fourth-order valence-electron chi connectivity index (χ4n) is 1.79. The summed E-state index contributed by atoms with van der Waals surface area (Å²) in [7, 11) is 2.11. The molecule has 1 rings (SSSR count). The minimum Gasteiger partial charge on any atom is -0.353 e. The summed E-state index contributed by atoms with van der Waals surface area (Å²) in [6.07, 6.45) is 4.46. The van der Waals surface area contributed by atoms with E-state index in [1.54, 1.807) is 0 Å². The first-order chi connectivity index (χ1) is 8.76. The summed E-state index contributed by atoms with van der Waals surface area (Å²) in [6, 6.07) is 4.08. The highest BCUT2D eigenvalue weighted by Crippen LogP contribution is 2.06. The standard InChI is InChI=1S/C14H24N2O2/c1-4-17-14(18-5-2)8-11-16(3)12-13-6-9-15-10-7-13/h6-7,9-10,14H,4-5,8,11-12H2,1-3H3. The second kappa shape index (κ2) is 9.03. The Morgan fingerprint density at radius 2 is 1.78 bits per heavy atom. The van der Waals surface area contributed by atoms with Gasteiger partial charge in [0.2, 0.25) is 0 Å². The molecule has 0 atom stereocenters. The topological polar surface area (TPSA) is 34.6 Å². The zero-order valence-corrected chi connectivity index (χ0v) is 11.6. The van der Waals surface area contributed by atoms with Gasteiger partial charge in [-0.25, -0.2) is 0 Å². The van der Waals surface area contributed by atoms with Crippen molar-refractivity contribution in [2.24, 2.45) is 0 Å². The van der Waals surface area contributed by atoms with Crippen LogP contribution in [0.2, 0.25) is 0 Å². The SMILES string of the molecule is CCOC(CCN(C)Cc1ccncc1)OCC. The fraction of sp³-hybridized carbons (Fsp3) is 0.643. The molecule has 18 heavy (non-hydrogen) atoms. The minimum absolute atomic E-state index is 0.0834. The van der Waals surface area contributed by atoms with E-state index in [4.69, 9.17) is 9.47 Å². The summed E-state index contributed by atoms with van der Waals surface area (Å²) < 4.78 is 11.0. The second-order valence-corrected chi connectivity index (χ2v) is 4.22. The Labute approximate surface area is 110 Å². The van der Waals surface area contributed by atoms with Crippen LogP contribution >= 0.6 is 0 Å². The first-order valence-electron chi connectivity index (χ1n) is 6.56. The van der Waals surface area contributed by atoms with Crippen LogP contribution in [0.1, 0.15) is 25.8 Å². The Balaban J connectivity index is 2.28. The molecule has 0 N–H and O–H groups in total. The number of rotatable bonds is 9. The van der Waals surface area contributed by atoms with Gasteiger partial charge in [0.05, 0.1) is 0 Å². The van der Waals surface area contributed by atoms with Crippen LogP contribution in [0.5, 0.6) is 0 Å². The van der Waals surface area contributed by atoms with E-state index in [1.807, 2.05) is 38.4 Å². The normalized spacial score (nSPS) is 11.4. The highest BCUT2D eigenvalue weighted by molar-refractivity contribution is 5.09. The molecule has 4 heteroatoms. The van der Waals surface area contributed by atoms with E-state index >= 15 is 0 Å². The number of ether oxygens (including phenoxy) is 2. The van der Waals surface area contributed by atoms with Crippen molar-refractivity contribution in [2.45, 2.75) is 33.1 Å². The monoisotopic (exact) mass is 252 g/mol. The maximum absolute atomic E-state index is 5.52. The summed E-state index contributed by atoms with van der Waals surface area (Å²) in [4.78, 5) is 6.28. The molecule has 0 aliphatic carbocycles. The van der Waals surface area contributed by atoms with Gasteiger partial charge < -0.3 is 14.4 Å². The third-order valence-corrected chi connectivity index (χ3v) is 2.65. The Morgan fingerprint density at radius 3 is 2.33 bits per heavy atom. The fourth-order valence-corrected chi connectivity index (χ4v) is 1.79. The lowest BCUT2D eigenvalue weighted by molar-refractivity contribution is -0.141. The van der Waals surface area contributed by atoms with E-state index in [1.165, 1.54) is 5.56 Å². The molecule has 0 unspecified atom stereocenters. The molecule has 4 nitrogen and oxygen atoms in total. The average Bonchev–Trinajstić information content (AvgIpc) is 2.38. The van der Waals surface area contributed by atoms with Crippen molar-refractivity contribution < 1.29 is 9.47 Å². The van der Waals surface area contributed by atoms with E-state index in [2.05, 4.69) is 16.9 Å².